The number of carbonyl (C=O) groups excluding carboxylic acids is 1. The smallest absolute Gasteiger partial charge is 0.291 e. The fraction of sp³-hybridized carbons (Fsp3) is 0.226. The van der Waals surface area contributed by atoms with Gasteiger partial charge in [-0.2, -0.15) is 0 Å². The van der Waals surface area contributed by atoms with E-state index in [1.54, 1.807) is 29.2 Å². The molecule has 0 spiro atoms. The van der Waals surface area contributed by atoms with Crippen LogP contribution in [0.15, 0.2) is 76.5 Å². The van der Waals surface area contributed by atoms with Gasteiger partial charge in [0.1, 0.15) is 12.2 Å². The topological polar surface area (TPSA) is 69.0 Å². The van der Waals surface area contributed by atoms with Gasteiger partial charge in [0.2, 0.25) is 5.76 Å². The van der Waals surface area contributed by atoms with Crippen molar-refractivity contribution in [3.8, 4) is 11.5 Å². The van der Waals surface area contributed by atoms with Gasteiger partial charge in [-0.25, -0.2) is 0 Å². The van der Waals surface area contributed by atoms with Gasteiger partial charge >= 0.3 is 0 Å². The molecule has 1 aliphatic rings. The Morgan fingerprint density at radius 2 is 1.79 bits per heavy atom. The van der Waals surface area contributed by atoms with Crippen LogP contribution in [0, 0.1) is 13.8 Å². The number of fused-ring (bicyclic) bond motifs is 2. The molecule has 1 unspecified atom stereocenters. The van der Waals surface area contributed by atoms with Crippen LogP contribution >= 0.6 is 11.6 Å². The van der Waals surface area contributed by atoms with E-state index in [1.807, 2.05) is 57.2 Å². The first kappa shape index (κ1) is 25.6. The Hall–Kier alpha value is -4.03. The highest BCUT2D eigenvalue weighted by molar-refractivity contribution is 6.32. The summed E-state index contributed by atoms with van der Waals surface area (Å²) in [4.78, 5) is 29.4. The molecule has 0 aliphatic carbocycles. The van der Waals surface area contributed by atoms with E-state index in [-0.39, 0.29) is 22.7 Å². The number of hydrogen-bond donors (Lipinski definition) is 0. The van der Waals surface area contributed by atoms with E-state index < -0.39 is 6.04 Å². The summed E-state index contributed by atoms with van der Waals surface area (Å²) in [5.41, 5.74) is 3.88. The summed E-state index contributed by atoms with van der Waals surface area (Å²) in [5.74, 6) is 0.776. The maximum absolute atomic E-state index is 13.9. The zero-order chi connectivity index (χ0) is 27.0. The second kappa shape index (κ2) is 10.4. The largest absolute Gasteiger partial charge is 0.490 e. The Bertz CT molecular complexity index is 1610. The average molecular weight is 530 g/mol. The van der Waals surface area contributed by atoms with Crippen LogP contribution < -0.4 is 14.9 Å². The van der Waals surface area contributed by atoms with Crippen LogP contribution in [0.4, 0.5) is 0 Å². The molecule has 5 rings (SSSR count). The van der Waals surface area contributed by atoms with Crippen molar-refractivity contribution in [2.75, 3.05) is 13.2 Å². The molecule has 1 atom stereocenters. The standard InChI is InChI=1S/C31H28ClNO5/c1-5-13-37-24-12-11-21(15-26(24)36-6-2)28-27-29(34)22-16-23(32)19(4)14-25(22)38-30(27)31(35)33(28)17-20-9-7-18(3)8-10-20/h5,7-12,14-16,28H,1,6,13,17H2,2-4H3. The van der Waals surface area contributed by atoms with Crippen molar-refractivity contribution in [2.24, 2.45) is 0 Å². The average Bonchev–Trinajstić information content (AvgIpc) is 3.17. The lowest BCUT2D eigenvalue weighted by Crippen LogP contribution is -2.29. The second-order valence-electron chi connectivity index (χ2n) is 9.33. The van der Waals surface area contributed by atoms with Crippen molar-refractivity contribution in [2.45, 2.75) is 33.4 Å². The molecule has 194 valence electrons. The van der Waals surface area contributed by atoms with Crippen molar-refractivity contribution >= 4 is 28.5 Å². The molecule has 0 fully saturated rings. The number of amides is 1. The summed E-state index contributed by atoms with van der Waals surface area (Å²) in [5, 5.41) is 0.801. The van der Waals surface area contributed by atoms with E-state index in [1.165, 1.54) is 0 Å². The minimum atomic E-state index is -0.688. The molecule has 0 bridgehead atoms. The van der Waals surface area contributed by atoms with Gasteiger partial charge in [0.25, 0.3) is 5.91 Å². The van der Waals surface area contributed by atoms with Gasteiger partial charge in [-0.15, -0.1) is 0 Å². The number of benzene rings is 3. The van der Waals surface area contributed by atoms with Gasteiger partial charge in [0.05, 0.1) is 23.6 Å². The van der Waals surface area contributed by atoms with Crippen LogP contribution in [0.5, 0.6) is 11.5 Å². The van der Waals surface area contributed by atoms with Crippen LogP contribution in [-0.2, 0) is 6.54 Å². The predicted molar refractivity (Wildman–Crippen MR) is 148 cm³/mol. The van der Waals surface area contributed by atoms with Crippen molar-refractivity contribution in [3.05, 3.63) is 116 Å². The first-order valence-electron chi connectivity index (χ1n) is 12.5. The minimum Gasteiger partial charge on any atom is -0.490 e. The lowest BCUT2D eigenvalue weighted by molar-refractivity contribution is 0.0714. The number of carbonyl (C=O) groups is 1. The van der Waals surface area contributed by atoms with Gasteiger partial charge in [0, 0.05) is 11.6 Å². The third-order valence-corrected chi connectivity index (χ3v) is 7.07. The summed E-state index contributed by atoms with van der Waals surface area (Å²) in [6.07, 6.45) is 1.65. The monoisotopic (exact) mass is 529 g/mol. The number of halogens is 1. The maximum atomic E-state index is 13.9. The van der Waals surface area contributed by atoms with Crippen LogP contribution in [0.25, 0.3) is 11.0 Å². The van der Waals surface area contributed by atoms with Crippen molar-refractivity contribution in [1.82, 2.24) is 4.90 Å². The number of rotatable bonds is 8. The maximum Gasteiger partial charge on any atom is 0.291 e. The normalized spacial score (nSPS) is 14.6. The fourth-order valence-corrected chi connectivity index (χ4v) is 4.94. The van der Waals surface area contributed by atoms with E-state index in [9.17, 15) is 9.59 Å². The highest BCUT2D eigenvalue weighted by Crippen LogP contribution is 2.42. The van der Waals surface area contributed by atoms with E-state index >= 15 is 0 Å². The van der Waals surface area contributed by atoms with E-state index in [0.717, 1.165) is 16.7 Å². The van der Waals surface area contributed by atoms with E-state index in [2.05, 4.69) is 6.58 Å². The van der Waals surface area contributed by atoms with Crippen molar-refractivity contribution < 1.29 is 18.7 Å². The first-order valence-corrected chi connectivity index (χ1v) is 12.8. The Balaban J connectivity index is 1.71. The van der Waals surface area contributed by atoms with Gasteiger partial charge < -0.3 is 18.8 Å². The summed E-state index contributed by atoms with van der Waals surface area (Å²) < 4.78 is 17.7. The van der Waals surface area contributed by atoms with Crippen molar-refractivity contribution in [3.63, 3.8) is 0 Å². The lowest BCUT2D eigenvalue weighted by atomic mass is 9.97. The van der Waals surface area contributed by atoms with Gasteiger partial charge in [-0.3, -0.25) is 9.59 Å². The molecule has 0 radical (unpaired) electrons. The molecule has 0 saturated heterocycles. The molecule has 1 amide bonds. The molecule has 4 aromatic rings. The summed E-state index contributed by atoms with van der Waals surface area (Å²) >= 11 is 6.36. The number of hydrogen-bond acceptors (Lipinski definition) is 5. The molecule has 3 aromatic carbocycles. The number of ether oxygens (including phenoxy) is 2. The van der Waals surface area contributed by atoms with Gasteiger partial charge in [0.15, 0.2) is 16.9 Å². The fourth-order valence-electron chi connectivity index (χ4n) is 4.77. The molecular formula is C31H28ClNO5. The molecule has 6 nitrogen and oxygen atoms in total. The summed E-state index contributed by atoms with van der Waals surface area (Å²) in [7, 11) is 0. The minimum absolute atomic E-state index is 0.0475. The Labute approximate surface area is 226 Å². The van der Waals surface area contributed by atoms with E-state index in [4.69, 9.17) is 25.5 Å². The van der Waals surface area contributed by atoms with Crippen LogP contribution in [-0.4, -0.2) is 24.0 Å². The quantitative estimate of drug-likeness (QED) is 0.235. The van der Waals surface area contributed by atoms with Crippen LogP contribution in [0.2, 0.25) is 5.02 Å². The third kappa shape index (κ3) is 4.56. The second-order valence-corrected chi connectivity index (χ2v) is 9.74. The highest BCUT2D eigenvalue weighted by atomic mass is 35.5. The van der Waals surface area contributed by atoms with Gasteiger partial charge in [-0.05, 0) is 61.7 Å². The molecule has 1 aliphatic heterocycles. The van der Waals surface area contributed by atoms with Crippen molar-refractivity contribution in [1.29, 1.82) is 0 Å². The van der Waals surface area contributed by atoms with Gasteiger partial charge in [-0.1, -0.05) is 60.2 Å². The highest BCUT2D eigenvalue weighted by Gasteiger charge is 2.43. The predicted octanol–water partition coefficient (Wildman–Crippen LogP) is 6.77. The molecule has 7 heteroatoms. The molecule has 2 heterocycles. The van der Waals surface area contributed by atoms with Crippen LogP contribution in [0.1, 0.15) is 51.3 Å². The Morgan fingerprint density at radius 3 is 2.50 bits per heavy atom. The summed E-state index contributed by atoms with van der Waals surface area (Å²) in [6.45, 7) is 10.5. The molecule has 38 heavy (non-hydrogen) atoms. The molecule has 1 aromatic heterocycles. The first-order chi connectivity index (χ1) is 18.3. The Kier molecular flexibility index (Phi) is 7.00. The molecule has 0 N–H and O–H groups in total. The molecular weight excluding hydrogens is 502 g/mol. The Morgan fingerprint density at radius 1 is 1.03 bits per heavy atom. The summed E-state index contributed by atoms with van der Waals surface area (Å²) in [6, 6.07) is 16.0. The third-order valence-electron chi connectivity index (χ3n) is 6.66. The van der Waals surface area contributed by atoms with E-state index in [0.29, 0.717) is 52.8 Å². The number of aryl methyl sites for hydroxylation is 2. The molecule has 0 saturated carbocycles. The van der Waals surface area contributed by atoms with Crippen LogP contribution in [0.3, 0.4) is 0 Å². The SMILES string of the molecule is C=CCOc1ccc(C2c3c(oc4cc(C)c(Cl)cc4c3=O)C(=O)N2Cc2ccc(C)cc2)cc1OCC. The zero-order valence-corrected chi connectivity index (χ0v) is 22.3. The zero-order valence-electron chi connectivity index (χ0n) is 21.5. The number of nitrogens with zero attached hydrogens (tertiary/aromatic N) is 1. The lowest BCUT2D eigenvalue weighted by Gasteiger charge is -2.26.